The number of carbonyl (C=O) groups excluding carboxylic acids is 2. The quantitative estimate of drug-likeness (QED) is 0.666. The molecule has 0 bridgehead atoms. The number of nitrogens with zero attached hydrogens (tertiary/aromatic N) is 3. The monoisotopic (exact) mass is 354 g/mol. The predicted molar refractivity (Wildman–Crippen MR) is 100 cm³/mol. The van der Waals surface area contributed by atoms with E-state index in [4.69, 9.17) is 0 Å². The predicted octanol–water partition coefficient (Wildman–Crippen LogP) is 2.82. The highest BCUT2D eigenvalue weighted by Crippen LogP contribution is 2.09. The van der Waals surface area contributed by atoms with Gasteiger partial charge in [0.15, 0.2) is 0 Å². The van der Waals surface area contributed by atoms with Gasteiger partial charge in [-0.05, 0) is 12.0 Å². The van der Waals surface area contributed by atoms with Crippen molar-refractivity contribution in [3.05, 3.63) is 60.2 Å². The summed E-state index contributed by atoms with van der Waals surface area (Å²) in [5.74, 6) is -0.258. The molecule has 0 spiro atoms. The molecule has 6 nitrogen and oxygen atoms in total. The molecule has 0 aliphatic rings. The molecule has 0 aliphatic carbocycles. The van der Waals surface area contributed by atoms with Gasteiger partial charge in [-0.3, -0.25) is 14.6 Å². The molecule has 26 heavy (non-hydrogen) atoms. The van der Waals surface area contributed by atoms with E-state index in [9.17, 15) is 9.59 Å². The van der Waals surface area contributed by atoms with Gasteiger partial charge in [0.25, 0.3) is 5.91 Å². The van der Waals surface area contributed by atoms with Crippen LogP contribution in [0.15, 0.2) is 48.9 Å². The molecule has 0 aliphatic heterocycles. The van der Waals surface area contributed by atoms with Gasteiger partial charge in [-0.15, -0.1) is 0 Å². The maximum absolute atomic E-state index is 12.8. The van der Waals surface area contributed by atoms with Crippen molar-refractivity contribution in [3.8, 4) is 0 Å². The average molecular weight is 354 g/mol. The van der Waals surface area contributed by atoms with Crippen LogP contribution in [0.2, 0.25) is 0 Å². The van der Waals surface area contributed by atoms with Crippen molar-refractivity contribution >= 4 is 11.8 Å². The number of carbonyl (C=O) groups is 2. The van der Waals surface area contributed by atoms with E-state index in [1.54, 1.807) is 4.90 Å². The van der Waals surface area contributed by atoms with E-state index >= 15 is 0 Å². The van der Waals surface area contributed by atoms with E-state index in [2.05, 4.69) is 22.2 Å². The van der Waals surface area contributed by atoms with E-state index in [-0.39, 0.29) is 23.9 Å². The summed E-state index contributed by atoms with van der Waals surface area (Å²) in [7, 11) is 0. The first-order chi connectivity index (χ1) is 12.7. The van der Waals surface area contributed by atoms with E-state index in [0.29, 0.717) is 19.6 Å². The SMILES string of the molecule is CCCCCNC(=O)CCN(Cc1ccccc1)C(=O)c1cnccn1. The molecule has 0 saturated heterocycles. The molecule has 138 valence electrons. The Bertz CT molecular complexity index is 677. The maximum Gasteiger partial charge on any atom is 0.274 e. The Kier molecular flexibility index (Phi) is 8.26. The maximum atomic E-state index is 12.8. The second kappa shape index (κ2) is 11.0. The third-order valence-electron chi connectivity index (χ3n) is 4.00. The topological polar surface area (TPSA) is 75.2 Å². The second-order valence-electron chi connectivity index (χ2n) is 6.11. The fraction of sp³-hybridized carbons (Fsp3) is 0.400. The standard InChI is InChI=1S/C20H26N4O2/c1-2-3-7-11-23-19(25)10-14-24(16-17-8-5-4-6-9-17)20(26)18-15-21-12-13-22-18/h4-6,8-9,12-13,15H,2-3,7,10-11,14,16H2,1H3,(H,23,25). The van der Waals surface area contributed by atoms with Gasteiger partial charge in [-0.1, -0.05) is 50.1 Å². The van der Waals surface area contributed by atoms with Crippen molar-refractivity contribution in [1.29, 1.82) is 0 Å². The van der Waals surface area contributed by atoms with Crippen molar-refractivity contribution in [2.24, 2.45) is 0 Å². The summed E-state index contributed by atoms with van der Waals surface area (Å²) >= 11 is 0. The van der Waals surface area contributed by atoms with Crippen molar-refractivity contribution in [2.45, 2.75) is 39.2 Å². The fourth-order valence-electron chi connectivity index (χ4n) is 2.56. The van der Waals surface area contributed by atoms with Crippen molar-refractivity contribution in [3.63, 3.8) is 0 Å². The second-order valence-corrected chi connectivity index (χ2v) is 6.11. The van der Waals surface area contributed by atoms with Gasteiger partial charge < -0.3 is 10.2 Å². The van der Waals surface area contributed by atoms with Gasteiger partial charge in [0, 0.05) is 38.4 Å². The molecule has 6 heteroatoms. The molecule has 0 unspecified atom stereocenters. The summed E-state index contributed by atoms with van der Waals surface area (Å²) in [4.78, 5) is 34.5. The zero-order valence-electron chi connectivity index (χ0n) is 15.2. The van der Waals surface area contributed by atoms with Crippen LogP contribution in [0.5, 0.6) is 0 Å². The molecule has 1 aromatic carbocycles. The number of benzene rings is 1. The molecule has 0 atom stereocenters. The van der Waals surface area contributed by atoms with Gasteiger partial charge in [-0.2, -0.15) is 0 Å². The number of aromatic nitrogens is 2. The molecule has 2 amide bonds. The number of unbranched alkanes of at least 4 members (excludes halogenated alkanes) is 2. The zero-order valence-corrected chi connectivity index (χ0v) is 15.2. The van der Waals surface area contributed by atoms with Crippen molar-refractivity contribution < 1.29 is 9.59 Å². The minimum atomic E-state index is -0.222. The molecular formula is C20H26N4O2. The number of amides is 2. The number of nitrogens with one attached hydrogen (secondary N) is 1. The van der Waals surface area contributed by atoms with Crippen LogP contribution < -0.4 is 5.32 Å². The Morgan fingerprint density at radius 1 is 1.12 bits per heavy atom. The van der Waals surface area contributed by atoms with E-state index in [1.165, 1.54) is 18.6 Å². The third kappa shape index (κ3) is 6.63. The lowest BCUT2D eigenvalue weighted by Crippen LogP contribution is -2.35. The van der Waals surface area contributed by atoms with E-state index in [1.807, 2.05) is 30.3 Å². The molecule has 0 radical (unpaired) electrons. The highest BCUT2D eigenvalue weighted by Gasteiger charge is 2.18. The van der Waals surface area contributed by atoms with Crippen molar-refractivity contribution in [2.75, 3.05) is 13.1 Å². The summed E-state index contributed by atoms with van der Waals surface area (Å²) in [5, 5.41) is 2.91. The molecular weight excluding hydrogens is 328 g/mol. The Morgan fingerprint density at radius 2 is 1.92 bits per heavy atom. The van der Waals surface area contributed by atoms with Crippen LogP contribution in [-0.2, 0) is 11.3 Å². The Labute approximate surface area is 154 Å². The summed E-state index contributed by atoms with van der Waals surface area (Å²) in [5.41, 5.74) is 1.29. The van der Waals surface area contributed by atoms with Gasteiger partial charge in [0.05, 0.1) is 6.20 Å². The molecule has 1 aromatic heterocycles. The Balaban J connectivity index is 1.96. The summed E-state index contributed by atoms with van der Waals surface area (Å²) in [6.45, 7) is 3.58. The Morgan fingerprint density at radius 3 is 2.62 bits per heavy atom. The largest absolute Gasteiger partial charge is 0.356 e. The molecule has 1 heterocycles. The van der Waals surface area contributed by atoms with Crippen LogP contribution in [0.1, 0.15) is 48.7 Å². The summed E-state index contributed by atoms with van der Waals surface area (Å²) in [6, 6.07) is 9.72. The van der Waals surface area contributed by atoms with Crippen LogP contribution in [0.4, 0.5) is 0 Å². The number of rotatable bonds is 10. The molecule has 2 aromatic rings. The Hall–Kier alpha value is -2.76. The van der Waals surface area contributed by atoms with Gasteiger partial charge in [-0.25, -0.2) is 4.98 Å². The first kappa shape index (κ1) is 19.6. The first-order valence-corrected chi connectivity index (χ1v) is 9.06. The lowest BCUT2D eigenvalue weighted by atomic mass is 10.2. The fourth-order valence-corrected chi connectivity index (χ4v) is 2.56. The summed E-state index contributed by atoms with van der Waals surface area (Å²) in [6.07, 6.45) is 7.94. The smallest absolute Gasteiger partial charge is 0.274 e. The van der Waals surface area contributed by atoms with Crippen LogP contribution in [0, 0.1) is 0 Å². The van der Waals surface area contributed by atoms with Crippen LogP contribution in [0.3, 0.4) is 0 Å². The van der Waals surface area contributed by atoms with Gasteiger partial charge in [0.1, 0.15) is 5.69 Å². The minimum absolute atomic E-state index is 0.0360. The summed E-state index contributed by atoms with van der Waals surface area (Å²) < 4.78 is 0. The highest BCUT2D eigenvalue weighted by atomic mass is 16.2. The molecule has 1 N–H and O–H groups in total. The van der Waals surface area contributed by atoms with Crippen LogP contribution in [-0.4, -0.2) is 39.8 Å². The lowest BCUT2D eigenvalue weighted by molar-refractivity contribution is -0.121. The molecule has 0 saturated carbocycles. The van der Waals surface area contributed by atoms with Crippen molar-refractivity contribution in [1.82, 2.24) is 20.2 Å². The highest BCUT2D eigenvalue weighted by molar-refractivity contribution is 5.92. The van der Waals surface area contributed by atoms with E-state index in [0.717, 1.165) is 24.8 Å². The zero-order chi connectivity index (χ0) is 18.6. The number of hydrogen-bond donors (Lipinski definition) is 1. The molecule has 0 fully saturated rings. The lowest BCUT2D eigenvalue weighted by Gasteiger charge is -2.22. The normalized spacial score (nSPS) is 10.3. The third-order valence-corrected chi connectivity index (χ3v) is 4.00. The van der Waals surface area contributed by atoms with E-state index < -0.39 is 0 Å². The van der Waals surface area contributed by atoms with Gasteiger partial charge >= 0.3 is 0 Å². The van der Waals surface area contributed by atoms with Crippen LogP contribution in [0.25, 0.3) is 0 Å². The average Bonchev–Trinajstić information content (AvgIpc) is 2.69. The first-order valence-electron chi connectivity index (χ1n) is 9.06. The number of hydrogen-bond acceptors (Lipinski definition) is 4. The molecule has 2 rings (SSSR count). The van der Waals surface area contributed by atoms with Gasteiger partial charge in [0.2, 0.25) is 5.91 Å². The van der Waals surface area contributed by atoms with Crippen LogP contribution >= 0.6 is 0 Å². The minimum Gasteiger partial charge on any atom is -0.356 e.